The Labute approximate surface area is 115 Å². The molecule has 5 heteroatoms. The molecule has 0 amide bonds. The molecule has 19 heavy (non-hydrogen) atoms. The summed E-state index contributed by atoms with van der Waals surface area (Å²) in [5.74, 6) is 2.48. The molecule has 0 radical (unpaired) electrons. The summed E-state index contributed by atoms with van der Waals surface area (Å²) >= 11 is 0. The SMILES string of the molecule is C#CCC(CC)NS(=O)(=O)c1ccc(CNC)cc1. The Morgan fingerprint density at radius 3 is 2.42 bits per heavy atom. The first-order chi connectivity index (χ1) is 9.03. The van der Waals surface area contributed by atoms with Gasteiger partial charge in [-0.15, -0.1) is 12.3 Å². The third-order valence-corrected chi connectivity index (χ3v) is 4.33. The molecule has 0 aliphatic rings. The van der Waals surface area contributed by atoms with Crippen molar-refractivity contribution in [3.05, 3.63) is 29.8 Å². The Morgan fingerprint density at radius 2 is 1.95 bits per heavy atom. The van der Waals surface area contributed by atoms with Gasteiger partial charge in [0.2, 0.25) is 10.0 Å². The van der Waals surface area contributed by atoms with Crippen LogP contribution >= 0.6 is 0 Å². The number of rotatable bonds is 7. The molecule has 1 atom stereocenters. The third-order valence-electron chi connectivity index (χ3n) is 2.79. The number of terminal acetylenes is 1. The van der Waals surface area contributed by atoms with Crippen molar-refractivity contribution < 1.29 is 8.42 Å². The van der Waals surface area contributed by atoms with Crippen LogP contribution in [0.4, 0.5) is 0 Å². The summed E-state index contributed by atoms with van der Waals surface area (Å²) in [7, 11) is -1.65. The lowest BCUT2D eigenvalue weighted by Crippen LogP contribution is -2.34. The smallest absolute Gasteiger partial charge is 0.240 e. The Morgan fingerprint density at radius 1 is 1.32 bits per heavy atom. The van der Waals surface area contributed by atoms with E-state index in [1.165, 1.54) is 0 Å². The molecule has 4 nitrogen and oxygen atoms in total. The molecule has 1 aromatic rings. The molecular weight excluding hydrogens is 260 g/mol. The second kappa shape index (κ2) is 7.29. The van der Waals surface area contributed by atoms with Crippen LogP contribution in [-0.4, -0.2) is 21.5 Å². The van der Waals surface area contributed by atoms with E-state index in [0.717, 1.165) is 5.56 Å². The summed E-state index contributed by atoms with van der Waals surface area (Å²) in [5.41, 5.74) is 1.04. The van der Waals surface area contributed by atoms with Crippen LogP contribution in [0, 0.1) is 12.3 Å². The Kier molecular flexibility index (Phi) is 6.03. The quantitative estimate of drug-likeness (QED) is 0.744. The second-order valence-corrected chi connectivity index (χ2v) is 6.02. The first-order valence-electron chi connectivity index (χ1n) is 6.22. The van der Waals surface area contributed by atoms with Crippen molar-refractivity contribution in [1.82, 2.24) is 10.0 Å². The molecule has 0 spiro atoms. The number of benzene rings is 1. The van der Waals surface area contributed by atoms with Gasteiger partial charge in [0, 0.05) is 19.0 Å². The molecule has 2 N–H and O–H groups in total. The van der Waals surface area contributed by atoms with Crippen molar-refractivity contribution in [2.24, 2.45) is 0 Å². The summed E-state index contributed by atoms with van der Waals surface area (Å²) in [5, 5.41) is 3.01. The minimum atomic E-state index is -3.49. The molecular formula is C14H20N2O2S. The van der Waals surface area contributed by atoms with Crippen molar-refractivity contribution in [1.29, 1.82) is 0 Å². The van der Waals surface area contributed by atoms with E-state index in [0.29, 0.717) is 19.4 Å². The Bertz CT molecular complexity index is 530. The average molecular weight is 280 g/mol. The Hall–Kier alpha value is -1.35. The fourth-order valence-corrected chi connectivity index (χ4v) is 3.01. The zero-order chi connectivity index (χ0) is 14.3. The summed E-state index contributed by atoms with van der Waals surface area (Å²) in [6.07, 6.45) is 6.29. The number of sulfonamides is 1. The van der Waals surface area contributed by atoms with E-state index in [1.807, 2.05) is 14.0 Å². The fraction of sp³-hybridized carbons (Fsp3) is 0.429. The molecule has 0 aliphatic carbocycles. The van der Waals surface area contributed by atoms with Crippen molar-refractivity contribution >= 4 is 10.0 Å². The van der Waals surface area contributed by atoms with E-state index < -0.39 is 10.0 Å². The van der Waals surface area contributed by atoms with Crippen LogP contribution < -0.4 is 10.0 Å². The van der Waals surface area contributed by atoms with E-state index >= 15 is 0 Å². The first-order valence-corrected chi connectivity index (χ1v) is 7.71. The molecule has 0 saturated heterocycles. The average Bonchev–Trinajstić information content (AvgIpc) is 2.39. The molecule has 0 aromatic heterocycles. The number of hydrogen-bond donors (Lipinski definition) is 2. The lowest BCUT2D eigenvalue weighted by atomic mass is 10.2. The third kappa shape index (κ3) is 4.67. The monoisotopic (exact) mass is 280 g/mol. The van der Waals surface area contributed by atoms with E-state index in [9.17, 15) is 8.42 Å². The van der Waals surface area contributed by atoms with Crippen molar-refractivity contribution in [2.75, 3.05) is 7.05 Å². The number of hydrogen-bond acceptors (Lipinski definition) is 3. The Balaban J connectivity index is 2.85. The number of nitrogens with one attached hydrogen (secondary N) is 2. The first kappa shape index (κ1) is 15.7. The normalized spacial score (nSPS) is 12.9. The van der Waals surface area contributed by atoms with Gasteiger partial charge >= 0.3 is 0 Å². The minimum absolute atomic E-state index is 0.216. The van der Waals surface area contributed by atoms with Crippen LogP contribution in [0.15, 0.2) is 29.2 Å². The van der Waals surface area contributed by atoms with Gasteiger partial charge in [0.25, 0.3) is 0 Å². The standard InChI is InChI=1S/C14H20N2O2S/c1-4-6-13(5-2)16-19(17,18)14-9-7-12(8-10-14)11-15-3/h1,7-10,13,15-16H,5-6,11H2,2-3H3. The maximum atomic E-state index is 12.2. The predicted molar refractivity (Wildman–Crippen MR) is 77.1 cm³/mol. The van der Waals surface area contributed by atoms with Crippen molar-refractivity contribution in [3.8, 4) is 12.3 Å². The molecule has 0 heterocycles. The van der Waals surface area contributed by atoms with Crippen LogP contribution in [0.1, 0.15) is 25.3 Å². The van der Waals surface area contributed by atoms with Crippen LogP contribution in [0.5, 0.6) is 0 Å². The van der Waals surface area contributed by atoms with Gasteiger partial charge in [-0.25, -0.2) is 13.1 Å². The van der Waals surface area contributed by atoms with Crippen LogP contribution in [-0.2, 0) is 16.6 Å². The molecule has 0 saturated carbocycles. The van der Waals surface area contributed by atoms with Gasteiger partial charge in [-0.1, -0.05) is 19.1 Å². The van der Waals surface area contributed by atoms with E-state index in [2.05, 4.69) is 16.0 Å². The highest BCUT2D eigenvalue weighted by atomic mass is 32.2. The fourth-order valence-electron chi connectivity index (χ4n) is 1.69. The van der Waals surface area contributed by atoms with Crippen molar-refractivity contribution in [2.45, 2.75) is 37.2 Å². The van der Waals surface area contributed by atoms with E-state index in [4.69, 9.17) is 6.42 Å². The predicted octanol–water partition coefficient (Wildman–Crippen LogP) is 1.49. The van der Waals surface area contributed by atoms with Crippen LogP contribution in [0.25, 0.3) is 0 Å². The topological polar surface area (TPSA) is 58.2 Å². The highest BCUT2D eigenvalue weighted by Gasteiger charge is 2.18. The summed E-state index contributed by atoms with van der Waals surface area (Å²) in [4.78, 5) is 0.267. The molecule has 0 aliphatic heterocycles. The van der Waals surface area contributed by atoms with E-state index in [-0.39, 0.29) is 10.9 Å². The highest BCUT2D eigenvalue weighted by molar-refractivity contribution is 7.89. The second-order valence-electron chi connectivity index (χ2n) is 4.31. The van der Waals surface area contributed by atoms with E-state index in [1.54, 1.807) is 24.3 Å². The molecule has 0 bridgehead atoms. The lowest BCUT2D eigenvalue weighted by Gasteiger charge is -2.14. The minimum Gasteiger partial charge on any atom is -0.316 e. The van der Waals surface area contributed by atoms with Crippen molar-refractivity contribution in [3.63, 3.8) is 0 Å². The van der Waals surface area contributed by atoms with Gasteiger partial charge in [0.05, 0.1) is 4.90 Å². The lowest BCUT2D eigenvalue weighted by molar-refractivity contribution is 0.544. The molecule has 0 fully saturated rings. The maximum Gasteiger partial charge on any atom is 0.240 e. The van der Waals surface area contributed by atoms with Gasteiger partial charge in [-0.2, -0.15) is 0 Å². The molecule has 1 rings (SSSR count). The highest BCUT2D eigenvalue weighted by Crippen LogP contribution is 2.12. The summed E-state index contributed by atoms with van der Waals surface area (Å²) in [6, 6.07) is 6.60. The summed E-state index contributed by atoms with van der Waals surface area (Å²) in [6.45, 7) is 2.61. The van der Waals surface area contributed by atoms with Gasteiger partial charge in [0.15, 0.2) is 0 Å². The zero-order valence-electron chi connectivity index (χ0n) is 11.3. The summed E-state index contributed by atoms with van der Waals surface area (Å²) < 4.78 is 26.9. The van der Waals surface area contributed by atoms with Gasteiger partial charge < -0.3 is 5.32 Å². The van der Waals surface area contributed by atoms with Gasteiger partial charge in [0.1, 0.15) is 0 Å². The van der Waals surface area contributed by atoms with Gasteiger partial charge in [-0.3, -0.25) is 0 Å². The molecule has 1 unspecified atom stereocenters. The maximum absolute atomic E-state index is 12.2. The molecule has 1 aromatic carbocycles. The van der Waals surface area contributed by atoms with Crippen LogP contribution in [0.2, 0.25) is 0 Å². The largest absolute Gasteiger partial charge is 0.316 e. The molecule has 104 valence electrons. The van der Waals surface area contributed by atoms with Gasteiger partial charge in [-0.05, 0) is 31.2 Å². The zero-order valence-corrected chi connectivity index (χ0v) is 12.1. The van der Waals surface area contributed by atoms with Crippen LogP contribution in [0.3, 0.4) is 0 Å².